The molecule has 2 atom stereocenters. The van der Waals surface area contributed by atoms with E-state index in [4.69, 9.17) is 4.74 Å². The van der Waals surface area contributed by atoms with Crippen LogP contribution in [0.4, 0.5) is 0 Å². The summed E-state index contributed by atoms with van der Waals surface area (Å²) in [5.74, 6) is 3.54. The fourth-order valence-electron chi connectivity index (χ4n) is 3.71. The van der Waals surface area contributed by atoms with Crippen molar-refractivity contribution in [1.82, 2.24) is 5.32 Å². The quantitative estimate of drug-likeness (QED) is 0.850. The number of ether oxygens (including phenoxy) is 1. The zero-order chi connectivity index (χ0) is 12.4. The molecule has 2 aliphatic heterocycles. The second-order valence-electron chi connectivity index (χ2n) is 6.48. The largest absolute Gasteiger partial charge is 0.375 e. The fraction of sp³-hybridized carbons (Fsp3) is 1.00. The van der Waals surface area contributed by atoms with Gasteiger partial charge in [-0.2, -0.15) is 11.8 Å². The van der Waals surface area contributed by atoms with Crippen molar-refractivity contribution in [3.63, 3.8) is 0 Å². The van der Waals surface area contributed by atoms with Crippen molar-refractivity contribution in [3.05, 3.63) is 0 Å². The average Bonchev–Trinajstić information content (AvgIpc) is 2.27. The van der Waals surface area contributed by atoms with Crippen LogP contribution in [0.15, 0.2) is 0 Å². The molecule has 1 spiro atoms. The van der Waals surface area contributed by atoms with E-state index in [1.54, 1.807) is 0 Å². The lowest BCUT2D eigenvalue weighted by atomic mass is 9.79. The first-order valence-electron chi connectivity index (χ1n) is 7.75. The first kappa shape index (κ1) is 13.3. The Balaban J connectivity index is 1.52. The van der Waals surface area contributed by atoms with Gasteiger partial charge in [0.1, 0.15) is 0 Å². The monoisotopic (exact) mass is 269 g/mol. The van der Waals surface area contributed by atoms with Gasteiger partial charge < -0.3 is 10.1 Å². The van der Waals surface area contributed by atoms with Gasteiger partial charge in [0, 0.05) is 18.7 Å². The van der Waals surface area contributed by atoms with Gasteiger partial charge >= 0.3 is 0 Å². The minimum Gasteiger partial charge on any atom is -0.375 e. The number of rotatable bonds is 3. The van der Waals surface area contributed by atoms with Gasteiger partial charge in [-0.05, 0) is 62.9 Å². The molecule has 0 aromatic rings. The van der Waals surface area contributed by atoms with E-state index < -0.39 is 0 Å². The van der Waals surface area contributed by atoms with E-state index >= 15 is 0 Å². The third-order valence-electron chi connectivity index (χ3n) is 5.25. The minimum atomic E-state index is 0.237. The Morgan fingerprint density at radius 1 is 1.22 bits per heavy atom. The summed E-state index contributed by atoms with van der Waals surface area (Å²) < 4.78 is 6.17. The molecule has 3 aliphatic rings. The number of hydrogen-bond acceptors (Lipinski definition) is 3. The highest BCUT2D eigenvalue weighted by Crippen LogP contribution is 2.38. The van der Waals surface area contributed by atoms with Crippen molar-refractivity contribution in [3.8, 4) is 0 Å². The first-order chi connectivity index (χ1) is 8.77. The predicted molar refractivity (Wildman–Crippen MR) is 78.2 cm³/mol. The van der Waals surface area contributed by atoms with Crippen molar-refractivity contribution >= 4 is 11.8 Å². The molecule has 104 valence electrons. The van der Waals surface area contributed by atoms with Crippen molar-refractivity contribution in [2.75, 3.05) is 18.1 Å². The zero-order valence-corrected chi connectivity index (χ0v) is 12.4. The average molecular weight is 269 g/mol. The van der Waals surface area contributed by atoms with Crippen LogP contribution in [0.2, 0.25) is 0 Å². The third kappa shape index (κ3) is 2.88. The van der Waals surface area contributed by atoms with E-state index in [9.17, 15) is 0 Å². The second-order valence-corrected chi connectivity index (χ2v) is 7.70. The maximum Gasteiger partial charge on any atom is 0.0713 e. The van der Waals surface area contributed by atoms with Gasteiger partial charge in [0.15, 0.2) is 0 Å². The van der Waals surface area contributed by atoms with Crippen LogP contribution in [-0.2, 0) is 4.74 Å². The van der Waals surface area contributed by atoms with E-state index in [1.807, 2.05) is 0 Å². The molecular weight excluding hydrogens is 242 g/mol. The SMILES string of the molecule is CC(NC1CCOC2(CCSCC2)C1)C1CCC1. The summed E-state index contributed by atoms with van der Waals surface area (Å²) >= 11 is 2.09. The standard InChI is InChI=1S/C15H27NOS/c1-12(13-3-2-4-13)16-14-5-8-17-15(11-14)6-9-18-10-7-15/h12-14,16H,2-11H2,1H3. The Kier molecular flexibility index (Phi) is 4.21. The lowest BCUT2D eigenvalue weighted by Gasteiger charge is -2.45. The van der Waals surface area contributed by atoms with Crippen LogP contribution in [0.25, 0.3) is 0 Å². The Bertz CT molecular complexity index is 268. The van der Waals surface area contributed by atoms with E-state index in [0.717, 1.165) is 18.6 Å². The van der Waals surface area contributed by atoms with Gasteiger partial charge in [-0.25, -0.2) is 0 Å². The highest BCUT2D eigenvalue weighted by molar-refractivity contribution is 7.99. The van der Waals surface area contributed by atoms with Crippen LogP contribution in [-0.4, -0.2) is 35.8 Å². The molecule has 2 heterocycles. The van der Waals surface area contributed by atoms with Gasteiger partial charge in [0.2, 0.25) is 0 Å². The Morgan fingerprint density at radius 3 is 2.67 bits per heavy atom. The van der Waals surface area contributed by atoms with Crippen molar-refractivity contribution in [1.29, 1.82) is 0 Å². The molecule has 3 fully saturated rings. The van der Waals surface area contributed by atoms with Crippen LogP contribution in [0.3, 0.4) is 0 Å². The summed E-state index contributed by atoms with van der Waals surface area (Å²) in [6, 6.07) is 1.43. The summed E-state index contributed by atoms with van der Waals surface area (Å²) in [7, 11) is 0. The van der Waals surface area contributed by atoms with Crippen LogP contribution in [0, 0.1) is 5.92 Å². The molecule has 2 unspecified atom stereocenters. The molecule has 0 aromatic heterocycles. The number of hydrogen-bond donors (Lipinski definition) is 1. The molecule has 0 radical (unpaired) electrons. The van der Waals surface area contributed by atoms with Crippen molar-refractivity contribution in [2.24, 2.45) is 5.92 Å². The molecule has 2 saturated heterocycles. The van der Waals surface area contributed by atoms with E-state index in [-0.39, 0.29) is 5.60 Å². The molecule has 0 amide bonds. The van der Waals surface area contributed by atoms with Crippen LogP contribution < -0.4 is 5.32 Å². The van der Waals surface area contributed by atoms with Gasteiger partial charge in [-0.15, -0.1) is 0 Å². The summed E-state index contributed by atoms with van der Waals surface area (Å²) in [6.45, 7) is 3.36. The molecule has 1 aliphatic carbocycles. The molecule has 2 nitrogen and oxygen atoms in total. The first-order valence-corrected chi connectivity index (χ1v) is 8.91. The van der Waals surface area contributed by atoms with Gasteiger partial charge in [0.25, 0.3) is 0 Å². The van der Waals surface area contributed by atoms with E-state index in [0.29, 0.717) is 6.04 Å². The van der Waals surface area contributed by atoms with E-state index in [2.05, 4.69) is 24.0 Å². The molecule has 18 heavy (non-hydrogen) atoms. The Labute approximate surface area is 116 Å². The molecule has 3 heteroatoms. The fourth-order valence-corrected chi connectivity index (χ4v) is 4.95. The Hall–Kier alpha value is 0.270. The maximum absolute atomic E-state index is 6.17. The number of thioether (sulfide) groups is 1. The van der Waals surface area contributed by atoms with Crippen molar-refractivity contribution < 1.29 is 4.74 Å². The molecule has 3 rings (SSSR count). The second kappa shape index (κ2) is 5.72. The minimum absolute atomic E-state index is 0.237. The third-order valence-corrected chi connectivity index (χ3v) is 6.24. The smallest absolute Gasteiger partial charge is 0.0713 e. The van der Waals surface area contributed by atoms with Crippen LogP contribution in [0.5, 0.6) is 0 Å². The molecular formula is C15H27NOS. The molecule has 0 aromatic carbocycles. The lowest BCUT2D eigenvalue weighted by Crippen LogP contribution is -2.52. The molecule has 0 bridgehead atoms. The summed E-state index contributed by atoms with van der Waals surface area (Å²) in [4.78, 5) is 0. The normalized spacial score (nSPS) is 34.2. The van der Waals surface area contributed by atoms with Crippen LogP contribution >= 0.6 is 11.8 Å². The number of nitrogens with one attached hydrogen (secondary N) is 1. The summed E-state index contributed by atoms with van der Waals surface area (Å²) in [5, 5.41) is 3.91. The summed E-state index contributed by atoms with van der Waals surface area (Å²) in [6.07, 6.45) is 9.35. The maximum atomic E-state index is 6.17. The van der Waals surface area contributed by atoms with Crippen LogP contribution in [0.1, 0.15) is 51.9 Å². The van der Waals surface area contributed by atoms with Crippen molar-refractivity contribution in [2.45, 2.75) is 69.6 Å². The van der Waals surface area contributed by atoms with E-state index in [1.165, 1.54) is 56.5 Å². The summed E-state index contributed by atoms with van der Waals surface area (Å²) in [5.41, 5.74) is 0.237. The molecule has 1 saturated carbocycles. The molecule has 1 N–H and O–H groups in total. The van der Waals surface area contributed by atoms with Gasteiger partial charge in [-0.3, -0.25) is 0 Å². The highest BCUT2D eigenvalue weighted by atomic mass is 32.2. The topological polar surface area (TPSA) is 21.3 Å². The predicted octanol–water partition coefficient (Wildman–Crippen LogP) is 3.21. The van der Waals surface area contributed by atoms with Gasteiger partial charge in [0.05, 0.1) is 5.60 Å². The Morgan fingerprint density at radius 2 is 2.00 bits per heavy atom. The zero-order valence-electron chi connectivity index (χ0n) is 11.6. The lowest BCUT2D eigenvalue weighted by molar-refractivity contribution is -0.0949. The van der Waals surface area contributed by atoms with Gasteiger partial charge in [-0.1, -0.05) is 6.42 Å². The highest BCUT2D eigenvalue weighted by Gasteiger charge is 2.39.